The molecule has 2 aromatic rings. The van der Waals surface area contributed by atoms with E-state index in [1.807, 2.05) is 24.3 Å². The average Bonchev–Trinajstić information content (AvgIpc) is 2.63. The summed E-state index contributed by atoms with van der Waals surface area (Å²) in [4.78, 5) is 14.1. The number of methoxy groups -OCH3 is 1. The van der Waals surface area contributed by atoms with Gasteiger partial charge in [-0.3, -0.25) is 0 Å². The lowest BCUT2D eigenvalue weighted by molar-refractivity contribution is -0.0157. The molecule has 6 heteroatoms. The monoisotopic (exact) mass is 404 g/mol. The fourth-order valence-corrected chi connectivity index (χ4v) is 3.27. The highest BCUT2D eigenvalue weighted by atomic mass is 79.9. The molecule has 2 amide bonds. The molecule has 25 heavy (non-hydrogen) atoms. The Morgan fingerprint density at radius 3 is 2.28 bits per heavy atom. The minimum atomic E-state index is -0.877. The average molecular weight is 405 g/mol. The van der Waals surface area contributed by atoms with E-state index in [4.69, 9.17) is 4.74 Å². The van der Waals surface area contributed by atoms with E-state index in [-0.39, 0.29) is 6.03 Å². The minimum Gasteiger partial charge on any atom is -0.497 e. The molecule has 2 N–H and O–H groups in total. The van der Waals surface area contributed by atoms with Crippen LogP contribution in [0.2, 0.25) is 0 Å². The van der Waals surface area contributed by atoms with Crippen LogP contribution in [0.3, 0.4) is 0 Å². The van der Waals surface area contributed by atoms with Crippen LogP contribution < -0.4 is 10.1 Å². The number of nitrogens with zero attached hydrogens (tertiary/aromatic N) is 1. The molecule has 132 valence electrons. The van der Waals surface area contributed by atoms with Crippen molar-refractivity contribution in [1.29, 1.82) is 0 Å². The number of amides is 2. The van der Waals surface area contributed by atoms with E-state index < -0.39 is 5.60 Å². The van der Waals surface area contributed by atoms with Crippen molar-refractivity contribution in [3.63, 3.8) is 0 Å². The maximum Gasteiger partial charge on any atom is 0.321 e. The number of benzene rings is 2. The summed E-state index contributed by atoms with van der Waals surface area (Å²) in [5, 5.41) is 13.8. The molecule has 0 aliphatic carbocycles. The van der Waals surface area contributed by atoms with Crippen LogP contribution in [-0.2, 0) is 5.60 Å². The Hall–Kier alpha value is -2.05. The minimum absolute atomic E-state index is 0.150. The molecule has 5 nitrogen and oxygen atoms in total. The number of aliphatic hydroxyl groups is 1. The first-order chi connectivity index (χ1) is 12.0. The van der Waals surface area contributed by atoms with E-state index in [1.54, 1.807) is 36.3 Å². The molecule has 3 rings (SSSR count). The van der Waals surface area contributed by atoms with Crippen LogP contribution in [0.25, 0.3) is 0 Å². The van der Waals surface area contributed by atoms with Gasteiger partial charge in [-0.15, -0.1) is 0 Å². The van der Waals surface area contributed by atoms with Crippen molar-refractivity contribution < 1.29 is 14.6 Å². The van der Waals surface area contributed by atoms with Crippen molar-refractivity contribution in [2.75, 3.05) is 25.5 Å². The SMILES string of the molecule is COc1ccc(NC(=O)N2CCC(O)(c3ccc(Br)cc3)CC2)cc1. The molecule has 0 atom stereocenters. The van der Waals surface area contributed by atoms with Crippen LogP contribution in [0.5, 0.6) is 5.75 Å². The molecule has 1 saturated heterocycles. The summed E-state index contributed by atoms with van der Waals surface area (Å²) in [6.45, 7) is 1.02. The second-order valence-corrected chi connectivity index (χ2v) is 7.10. The summed E-state index contributed by atoms with van der Waals surface area (Å²) in [6, 6.07) is 14.8. The fourth-order valence-electron chi connectivity index (χ4n) is 3.01. The Morgan fingerprint density at radius 2 is 1.72 bits per heavy atom. The number of likely N-dealkylation sites (tertiary alicyclic amines) is 1. The third-order valence-corrected chi connectivity index (χ3v) is 5.13. The molecule has 0 spiro atoms. The van der Waals surface area contributed by atoms with Gasteiger partial charge in [0.2, 0.25) is 0 Å². The van der Waals surface area contributed by atoms with Gasteiger partial charge in [0.15, 0.2) is 0 Å². The molecule has 0 unspecified atom stereocenters. The Bertz CT molecular complexity index is 723. The first-order valence-electron chi connectivity index (χ1n) is 8.18. The lowest BCUT2D eigenvalue weighted by Gasteiger charge is -2.38. The van der Waals surface area contributed by atoms with E-state index in [0.717, 1.165) is 21.5 Å². The number of piperidine rings is 1. The first-order valence-corrected chi connectivity index (χ1v) is 8.98. The molecular formula is C19H21BrN2O3. The van der Waals surface area contributed by atoms with Crippen LogP contribution in [0.1, 0.15) is 18.4 Å². The summed E-state index contributed by atoms with van der Waals surface area (Å²) in [7, 11) is 1.61. The lowest BCUT2D eigenvalue weighted by Crippen LogP contribution is -2.46. The van der Waals surface area contributed by atoms with Crippen molar-refractivity contribution in [3.8, 4) is 5.75 Å². The predicted octanol–water partition coefficient (Wildman–Crippen LogP) is 3.97. The van der Waals surface area contributed by atoms with Gasteiger partial charge in [-0.1, -0.05) is 28.1 Å². The van der Waals surface area contributed by atoms with E-state index in [2.05, 4.69) is 21.2 Å². The number of hydrogen-bond acceptors (Lipinski definition) is 3. The Kier molecular flexibility index (Phi) is 5.30. The number of anilines is 1. The molecule has 2 aromatic carbocycles. The van der Waals surface area contributed by atoms with Gasteiger partial charge in [0.25, 0.3) is 0 Å². The van der Waals surface area contributed by atoms with Gasteiger partial charge in [-0.25, -0.2) is 4.79 Å². The van der Waals surface area contributed by atoms with Gasteiger partial charge in [-0.05, 0) is 54.8 Å². The topological polar surface area (TPSA) is 61.8 Å². The molecule has 0 radical (unpaired) electrons. The van der Waals surface area contributed by atoms with Crippen molar-refractivity contribution in [3.05, 3.63) is 58.6 Å². The lowest BCUT2D eigenvalue weighted by atomic mass is 9.84. The zero-order valence-corrected chi connectivity index (χ0v) is 15.6. The largest absolute Gasteiger partial charge is 0.497 e. The van der Waals surface area contributed by atoms with Crippen LogP contribution in [0, 0.1) is 0 Å². The summed E-state index contributed by atoms with van der Waals surface area (Å²) in [5.74, 6) is 0.746. The molecule has 1 aliphatic rings. The summed E-state index contributed by atoms with van der Waals surface area (Å²) < 4.78 is 6.09. The van der Waals surface area contributed by atoms with Gasteiger partial charge < -0.3 is 20.1 Å². The standard InChI is InChI=1S/C19H21BrN2O3/c1-25-17-8-6-16(7-9-17)21-18(23)22-12-10-19(24,11-13-22)14-2-4-15(20)5-3-14/h2-9,24H,10-13H2,1H3,(H,21,23). The third kappa shape index (κ3) is 4.14. The highest BCUT2D eigenvalue weighted by Gasteiger charge is 2.35. The van der Waals surface area contributed by atoms with Crippen molar-refractivity contribution in [2.45, 2.75) is 18.4 Å². The van der Waals surface area contributed by atoms with Gasteiger partial charge >= 0.3 is 6.03 Å². The van der Waals surface area contributed by atoms with Gasteiger partial charge in [0.05, 0.1) is 12.7 Å². The molecule has 0 bridgehead atoms. The number of urea groups is 1. The van der Waals surface area contributed by atoms with Crippen molar-refractivity contribution >= 4 is 27.6 Å². The van der Waals surface area contributed by atoms with E-state index in [1.165, 1.54) is 0 Å². The van der Waals surface area contributed by atoms with E-state index >= 15 is 0 Å². The molecule has 0 saturated carbocycles. The van der Waals surface area contributed by atoms with Crippen molar-refractivity contribution in [1.82, 2.24) is 4.90 Å². The fraction of sp³-hybridized carbons (Fsp3) is 0.316. The van der Waals surface area contributed by atoms with Crippen LogP contribution in [0.4, 0.5) is 10.5 Å². The number of ether oxygens (including phenoxy) is 1. The van der Waals surface area contributed by atoms with Crippen LogP contribution in [0.15, 0.2) is 53.0 Å². The van der Waals surface area contributed by atoms with Gasteiger partial charge in [0, 0.05) is 23.2 Å². The van der Waals surface area contributed by atoms with E-state index in [0.29, 0.717) is 25.9 Å². The Balaban J connectivity index is 1.59. The predicted molar refractivity (Wildman–Crippen MR) is 101 cm³/mol. The van der Waals surface area contributed by atoms with Crippen molar-refractivity contribution in [2.24, 2.45) is 0 Å². The smallest absolute Gasteiger partial charge is 0.321 e. The normalized spacial score (nSPS) is 16.4. The van der Waals surface area contributed by atoms with E-state index in [9.17, 15) is 9.90 Å². The summed E-state index contributed by atoms with van der Waals surface area (Å²) in [6.07, 6.45) is 1.04. The molecule has 1 fully saturated rings. The quantitative estimate of drug-likeness (QED) is 0.813. The number of carbonyl (C=O) groups excluding carboxylic acids is 1. The highest BCUT2D eigenvalue weighted by molar-refractivity contribution is 9.10. The third-order valence-electron chi connectivity index (χ3n) is 4.60. The molecule has 0 aromatic heterocycles. The molecule has 1 heterocycles. The maximum absolute atomic E-state index is 12.4. The maximum atomic E-state index is 12.4. The second-order valence-electron chi connectivity index (χ2n) is 6.18. The van der Waals surface area contributed by atoms with Gasteiger partial charge in [0.1, 0.15) is 5.75 Å². The second kappa shape index (κ2) is 7.45. The zero-order chi connectivity index (χ0) is 17.9. The molecule has 1 aliphatic heterocycles. The summed E-state index contributed by atoms with van der Waals surface area (Å²) >= 11 is 3.41. The first kappa shape index (κ1) is 17.8. The number of nitrogens with one attached hydrogen (secondary N) is 1. The number of hydrogen-bond donors (Lipinski definition) is 2. The van der Waals surface area contributed by atoms with Gasteiger partial charge in [-0.2, -0.15) is 0 Å². The summed E-state index contributed by atoms with van der Waals surface area (Å²) in [5.41, 5.74) is 0.739. The number of rotatable bonds is 3. The number of halogens is 1. The Morgan fingerprint density at radius 1 is 1.12 bits per heavy atom. The zero-order valence-electron chi connectivity index (χ0n) is 14.0. The highest BCUT2D eigenvalue weighted by Crippen LogP contribution is 2.33. The molecular weight excluding hydrogens is 384 g/mol. The Labute approximate surface area is 155 Å². The number of carbonyl (C=O) groups is 1. The van der Waals surface area contributed by atoms with Crippen LogP contribution in [-0.4, -0.2) is 36.2 Å². The van der Waals surface area contributed by atoms with Crippen LogP contribution >= 0.6 is 15.9 Å².